The number of nitrogens with two attached hydrogens (primary N) is 1. The Morgan fingerprint density at radius 2 is 1.88 bits per heavy atom. The molecule has 0 aliphatic heterocycles. The molecule has 12 heteroatoms. The van der Waals surface area contributed by atoms with E-state index in [0.29, 0.717) is 13.0 Å². The summed E-state index contributed by atoms with van der Waals surface area (Å²) in [6.07, 6.45) is 1.49. The largest absolute Gasteiger partial charge is 0.383 e. The van der Waals surface area contributed by atoms with Crippen LogP contribution in [0, 0.1) is 11.6 Å². The lowest BCUT2D eigenvalue weighted by atomic mass is 10.3. The number of nitrogen functional groups attached to an aromatic ring is 1. The van der Waals surface area contributed by atoms with Crippen molar-refractivity contribution in [3.8, 4) is 0 Å². The summed E-state index contributed by atoms with van der Waals surface area (Å²) in [6, 6.07) is 2.86. The van der Waals surface area contributed by atoms with Crippen LogP contribution in [0.5, 0.6) is 0 Å². The van der Waals surface area contributed by atoms with Gasteiger partial charge in [0.05, 0.1) is 13.1 Å². The first-order valence-corrected chi connectivity index (χ1v) is 10.1. The summed E-state index contributed by atoms with van der Waals surface area (Å²) in [6.45, 7) is 3.46. The lowest BCUT2D eigenvalue weighted by Crippen LogP contribution is -2.44. The van der Waals surface area contributed by atoms with Crippen LogP contribution >= 0.6 is 0 Å². The summed E-state index contributed by atoms with van der Waals surface area (Å²) < 4.78 is 27.4. The van der Waals surface area contributed by atoms with E-state index in [1.807, 2.05) is 6.92 Å². The number of hydrogen-bond acceptors (Lipinski definition) is 6. The maximum atomic E-state index is 13.2. The fraction of sp³-hybridized carbons (Fsp3) is 0.400. The van der Waals surface area contributed by atoms with Gasteiger partial charge in [-0.15, -0.1) is 0 Å². The van der Waals surface area contributed by atoms with E-state index in [1.54, 1.807) is 6.92 Å². The van der Waals surface area contributed by atoms with Crippen LogP contribution in [0.2, 0.25) is 0 Å². The average Bonchev–Trinajstić information content (AvgIpc) is 2.73. The molecule has 0 saturated carbocycles. The molecule has 0 aliphatic rings. The van der Waals surface area contributed by atoms with Crippen LogP contribution in [0.3, 0.4) is 0 Å². The highest BCUT2D eigenvalue weighted by Crippen LogP contribution is 2.16. The molecule has 1 aromatic carbocycles. The number of aromatic nitrogens is 2. The van der Waals surface area contributed by atoms with Crippen LogP contribution in [-0.2, 0) is 16.1 Å². The Morgan fingerprint density at radius 3 is 2.50 bits per heavy atom. The van der Waals surface area contributed by atoms with E-state index in [1.165, 1.54) is 15.5 Å². The molecule has 32 heavy (non-hydrogen) atoms. The van der Waals surface area contributed by atoms with Crippen molar-refractivity contribution in [2.75, 3.05) is 35.6 Å². The van der Waals surface area contributed by atoms with Gasteiger partial charge in [0, 0.05) is 24.8 Å². The van der Waals surface area contributed by atoms with Crippen molar-refractivity contribution < 1.29 is 18.4 Å². The molecule has 0 atom stereocenters. The van der Waals surface area contributed by atoms with Gasteiger partial charge in [0.1, 0.15) is 11.5 Å². The van der Waals surface area contributed by atoms with Crippen LogP contribution in [0.4, 0.5) is 26.0 Å². The first-order chi connectivity index (χ1) is 15.2. The summed E-state index contributed by atoms with van der Waals surface area (Å²) in [5.41, 5.74) is 4.74. The van der Waals surface area contributed by atoms with Crippen molar-refractivity contribution >= 4 is 29.0 Å². The predicted octanol–water partition coefficient (Wildman–Crippen LogP) is 0.778. The van der Waals surface area contributed by atoms with Crippen LogP contribution in [0.15, 0.2) is 27.8 Å². The summed E-state index contributed by atoms with van der Waals surface area (Å²) in [5.74, 6) is -3.45. The highest BCUT2D eigenvalue weighted by molar-refractivity contribution is 5.95. The van der Waals surface area contributed by atoms with Crippen molar-refractivity contribution in [3.05, 3.63) is 50.7 Å². The normalized spacial score (nSPS) is 10.6. The number of carbonyl (C=O) groups excluding carboxylic acids is 2. The van der Waals surface area contributed by atoms with Gasteiger partial charge in [0.25, 0.3) is 5.56 Å². The van der Waals surface area contributed by atoms with E-state index in [0.717, 1.165) is 18.6 Å². The van der Waals surface area contributed by atoms with E-state index in [9.17, 15) is 28.0 Å². The minimum atomic E-state index is -1.12. The highest BCUT2D eigenvalue weighted by atomic mass is 19.2. The maximum Gasteiger partial charge on any atom is 0.330 e. The standard InChI is InChI=1S/C20H26F2N6O4/c1-3-5-8-28-18(23)17(19(31)26-20(28)32)27(4-2)11-16(30)24-10-15(29)25-12-6-7-13(21)14(22)9-12/h6-7,9H,3-5,8,10-11,23H2,1-2H3,(H,24,30)(H,25,29)(H,26,31,32). The molecule has 0 spiro atoms. The zero-order valence-corrected chi connectivity index (χ0v) is 17.8. The molecule has 0 radical (unpaired) electrons. The van der Waals surface area contributed by atoms with E-state index in [2.05, 4.69) is 15.6 Å². The second-order valence-corrected chi connectivity index (χ2v) is 6.97. The smallest absolute Gasteiger partial charge is 0.330 e. The fourth-order valence-electron chi connectivity index (χ4n) is 2.96. The monoisotopic (exact) mass is 452 g/mol. The van der Waals surface area contributed by atoms with E-state index in [-0.39, 0.29) is 30.3 Å². The van der Waals surface area contributed by atoms with Gasteiger partial charge in [-0.2, -0.15) is 0 Å². The summed E-state index contributed by atoms with van der Waals surface area (Å²) >= 11 is 0. The molecule has 0 saturated heterocycles. The van der Waals surface area contributed by atoms with Crippen LogP contribution in [0.25, 0.3) is 0 Å². The molecule has 1 heterocycles. The van der Waals surface area contributed by atoms with Gasteiger partial charge < -0.3 is 21.3 Å². The average molecular weight is 452 g/mol. The third-order valence-corrected chi connectivity index (χ3v) is 4.63. The van der Waals surface area contributed by atoms with E-state index in [4.69, 9.17) is 5.73 Å². The molecule has 2 rings (SSSR count). The number of nitrogens with one attached hydrogen (secondary N) is 3. The zero-order valence-electron chi connectivity index (χ0n) is 17.8. The van der Waals surface area contributed by atoms with Gasteiger partial charge in [-0.05, 0) is 25.5 Å². The molecule has 0 aliphatic carbocycles. The molecule has 0 unspecified atom stereocenters. The minimum Gasteiger partial charge on any atom is -0.383 e. The highest BCUT2D eigenvalue weighted by Gasteiger charge is 2.20. The molecule has 1 aromatic heterocycles. The number of halogens is 2. The molecule has 174 valence electrons. The molecular formula is C20H26F2N6O4. The number of nitrogens with zero attached hydrogens (tertiary/aromatic N) is 2. The lowest BCUT2D eigenvalue weighted by molar-refractivity contribution is -0.123. The summed E-state index contributed by atoms with van der Waals surface area (Å²) in [5, 5.41) is 4.71. The van der Waals surface area contributed by atoms with Crippen molar-refractivity contribution in [2.45, 2.75) is 33.2 Å². The SMILES string of the molecule is CCCCn1c(N)c(N(CC)CC(=O)NCC(=O)Nc2ccc(F)c(F)c2)c(=O)[nH]c1=O. The third-order valence-electron chi connectivity index (χ3n) is 4.63. The van der Waals surface area contributed by atoms with Gasteiger partial charge in [-0.25, -0.2) is 13.6 Å². The van der Waals surface area contributed by atoms with E-state index >= 15 is 0 Å². The fourth-order valence-corrected chi connectivity index (χ4v) is 2.96. The Bertz CT molecular complexity index is 1100. The third kappa shape index (κ3) is 6.15. The summed E-state index contributed by atoms with van der Waals surface area (Å²) in [7, 11) is 0. The molecule has 10 nitrogen and oxygen atoms in total. The van der Waals surface area contributed by atoms with Crippen LogP contribution < -0.4 is 32.5 Å². The molecule has 5 N–H and O–H groups in total. The van der Waals surface area contributed by atoms with Crippen LogP contribution in [0.1, 0.15) is 26.7 Å². The second kappa shape index (κ2) is 11.1. The van der Waals surface area contributed by atoms with Gasteiger partial charge in [-0.3, -0.25) is 23.9 Å². The Hall–Kier alpha value is -3.70. The lowest BCUT2D eigenvalue weighted by Gasteiger charge is -2.24. The van der Waals surface area contributed by atoms with Crippen molar-refractivity contribution in [1.29, 1.82) is 0 Å². The number of benzene rings is 1. The Kier molecular flexibility index (Phi) is 8.50. The van der Waals surface area contributed by atoms with Crippen molar-refractivity contribution in [1.82, 2.24) is 14.9 Å². The van der Waals surface area contributed by atoms with Crippen molar-refractivity contribution in [2.24, 2.45) is 0 Å². The quantitative estimate of drug-likeness (QED) is 0.420. The first kappa shape index (κ1) is 24.6. The molecule has 2 amide bonds. The number of anilines is 3. The number of hydrogen-bond donors (Lipinski definition) is 4. The number of H-pyrrole nitrogens is 1. The molecule has 0 bridgehead atoms. The molecule has 0 fully saturated rings. The first-order valence-electron chi connectivity index (χ1n) is 10.1. The number of aromatic amines is 1. The van der Waals surface area contributed by atoms with Gasteiger partial charge in [0.2, 0.25) is 11.8 Å². The Morgan fingerprint density at radius 1 is 1.16 bits per heavy atom. The minimum absolute atomic E-state index is 0.00964. The maximum absolute atomic E-state index is 13.2. The number of carbonyl (C=O) groups is 2. The molecular weight excluding hydrogens is 426 g/mol. The number of unbranched alkanes of at least 4 members (excludes halogenated alkanes) is 1. The van der Waals surface area contributed by atoms with Gasteiger partial charge in [-0.1, -0.05) is 13.3 Å². The zero-order chi connectivity index (χ0) is 23.8. The number of rotatable bonds is 10. The van der Waals surface area contributed by atoms with Crippen molar-refractivity contribution in [3.63, 3.8) is 0 Å². The van der Waals surface area contributed by atoms with E-state index < -0.39 is 41.2 Å². The number of amides is 2. The topological polar surface area (TPSA) is 142 Å². The summed E-state index contributed by atoms with van der Waals surface area (Å²) in [4.78, 5) is 52.3. The predicted molar refractivity (Wildman–Crippen MR) is 117 cm³/mol. The van der Waals surface area contributed by atoms with Crippen LogP contribution in [-0.4, -0.2) is 41.0 Å². The number of likely N-dealkylation sites (N-methyl/N-ethyl adjacent to an activating group) is 1. The Balaban J connectivity index is 2.05. The van der Waals surface area contributed by atoms with Gasteiger partial charge in [0.15, 0.2) is 11.6 Å². The molecule has 2 aromatic rings. The van der Waals surface area contributed by atoms with Gasteiger partial charge >= 0.3 is 5.69 Å². The Labute approximate surface area is 182 Å². The second-order valence-electron chi connectivity index (χ2n) is 6.97.